The van der Waals surface area contributed by atoms with Crippen LogP contribution in [-0.4, -0.2) is 55.5 Å². The van der Waals surface area contributed by atoms with Gasteiger partial charge in [-0.25, -0.2) is 0 Å². The summed E-state index contributed by atoms with van der Waals surface area (Å²) in [7, 11) is 2.17. The summed E-state index contributed by atoms with van der Waals surface area (Å²) in [5.41, 5.74) is 3.36. The quantitative estimate of drug-likeness (QED) is 0.761. The summed E-state index contributed by atoms with van der Waals surface area (Å²) in [6.45, 7) is 7.57. The van der Waals surface area contributed by atoms with Crippen molar-refractivity contribution in [3.05, 3.63) is 59.7 Å². The molecule has 0 radical (unpaired) electrons. The van der Waals surface area contributed by atoms with Crippen LogP contribution in [-0.2, 0) is 17.8 Å². The summed E-state index contributed by atoms with van der Waals surface area (Å²) < 4.78 is 5.58. The number of rotatable bonds is 8. The van der Waals surface area contributed by atoms with E-state index in [1.807, 2.05) is 24.3 Å². The first-order chi connectivity index (χ1) is 13.6. The molecule has 0 aliphatic carbocycles. The molecule has 3 rings (SSSR count). The maximum Gasteiger partial charge on any atom is 0.262 e. The SMILES string of the molecule is CCCc1ccc(OCC(=O)Nc2ccc(CN3CCN(C)CC3)cc2)cc1. The number of hydrogen-bond acceptors (Lipinski definition) is 4. The van der Waals surface area contributed by atoms with Crippen molar-refractivity contribution < 1.29 is 9.53 Å². The van der Waals surface area contributed by atoms with Crippen LogP contribution >= 0.6 is 0 Å². The topological polar surface area (TPSA) is 44.8 Å². The van der Waals surface area contributed by atoms with Crippen LogP contribution in [0.1, 0.15) is 24.5 Å². The fourth-order valence-electron chi connectivity index (χ4n) is 3.34. The zero-order valence-electron chi connectivity index (χ0n) is 17.0. The van der Waals surface area contributed by atoms with Gasteiger partial charge in [0.25, 0.3) is 5.91 Å². The number of likely N-dealkylation sites (N-methyl/N-ethyl adjacent to an activating group) is 1. The molecule has 2 aromatic carbocycles. The molecule has 1 saturated heterocycles. The largest absolute Gasteiger partial charge is 0.484 e. The van der Waals surface area contributed by atoms with E-state index in [0.717, 1.165) is 57.0 Å². The Morgan fingerprint density at radius 3 is 2.25 bits per heavy atom. The highest BCUT2D eigenvalue weighted by molar-refractivity contribution is 5.91. The highest BCUT2D eigenvalue weighted by Crippen LogP contribution is 2.15. The summed E-state index contributed by atoms with van der Waals surface area (Å²) >= 11 is 0. The fraction of sp³-hybridized carbons (Fsp3) is 0.435. The molecule has 0 saturated carbocycles. The second-order valence-corrected chi connectivity index (χ2v) is 7.51. The number of anilines is 1. The molecule has 0 aromatic heterocycles. The molecule has 0 spiro atoms. The van der Waals surface area contributed by atoms with Crippen molar-refractivity contribution in [2.24, 2.45) is 0 Å². The molecule has 1 fully saturated rings. The van der Waals surface area contributed by atoms with Crippen LogP contribution in [0.5, 0.6) is 5.75 Å². The third-order valence-electron chi connectivity index (χ3n) is 5.07. The Balaban J connectivity index is 1.42. The van der Waals surface area contributed by atoms with Gasteiger partial charge in [-0.2, -0.15) is 0 Å². The van der Waals surface area contributed by atoms with E-state index in [-0.39, 0.29) is 12.5 Å². The van der Waals surface area contributed by atoms with Crippen LogP contribution in [0, 0.1) is 0 Å². The molecule has 150 valence electrons. The van der Waals surface area contributed by atoms with Gasteiger partial charge in [0.1, 0.15) is 5.75 Å². The summed E-state index contributed by atoms with van der Waals surface area (Å²) in [6.07, 6.45) is 2.18. The lowest BCUT2D eigenvalue weighted by molar-refractivity contribution is -0.118. The lowest BCUT2D eigenvalue weighted by atomic mass is 10.1. The van der Waals surface area contributed by atoms with Crippen LogP contribution in [0.2, 0.25) is 0 Å². The molecule has 5 heteroatoms. The van der Waals surface area contributed by atoms with Crippen molar-refractivity contribution in [3.63, 3.8) is 0 Å². The van der Waals surface area contributed by atoms with E-state index in [9.17, 15) is 4.79 Å². The van der Waals surface area contributed by atoms with Crippen molar-refractivity contribution in [2.75, 3.05) is 45.2 Å². The number of hydrogen-bond donors (Lipinski definition) is 1. The summed E-state index contributed by atoms with van der Waals surface area (Å²) in [6, 6.07) is 16.0. The number of benzene rings is 2. The van der Waals surface area contributed by atoms with Gasteiger partial charge in [-0.3, -0.25) is 9.69 Å². The minimum atomic E-state index is -0.149. The van der Waals surface area contributed by atoms with Gasteiger partial charge in [0.15, 0.2) is 6.61 Å². The van der Waals surface area contributed by atoms with E-state index in [0.29, 0.717) is 0 Å². The number of carbonyl (C=O) groups excluding carboxylic acids is 1. The summed E-state index contributed by atoms with van der Waals surface area (Å²) in [4.78, 5) is 17.0. The van der Waals surface area contributed by atoms with Crippen LogP contribution in [0.25, 0.3) is 0 Å². The lowest BCUT2D eigenvalue weighted by Gasteiger charge is -2.32. The van der Waals surface area contributed by atoms with Gasteiger partial charge in [-0.15, -0.1) is 0 Å². The van der Waals surface area contributed by atoms with E-state index in [2.05, 4.69) is 53.4 Å². The van der Waals surface area contributed by atoms with Crippen molar-refractivity contribution in [2.45, 2.75) is 26.3 Å². The Bertz CT molecular complexity index is 735. The monoisotopic (exact) mass is 381 g/mol. The van der Waals surface area contributed by atoms with Gasteiger partial charge in [0.05, 0.1) is 0 Å². The molecular formula is C23H31N3O2. The number of aryl methyl sites for hydroxylation is 1. The smallest absolute Gasteiger partial charge is 0.262 e. The number of carbonyl (C=O) groups is 1. The Morgan fingerprint density at radius 2 is 1.61 bits per heavy atom. The molecule has 2 aromatic rings. The molecule has 0 atom stereocenters. The van der Waals surface area contributed by atoms with Crippen molar-refractivity contribution in [3.8, 4) is 5.75 Å². The first kappa shape index (κ1) is 20.4. The number of amides is 1. The molecular weight excluding hydrogens is 350 g/mol. The number of nitrogens with zero attached hydrogens (tertiary/aromatic N) is 2. The zero-order chi connectivity index (χ0) is 19.8. The Hall–Kier alpha value is -2.37. The van der Waals surface area contributed by atoms with Gasteiger partial charge < -0.3 is 15.0 Å². The number of ether oxygens (including phenoxy) is 1. The Kier molecular flexibility index (Phi) is 7.46. The number of piperazine rings is 1. The zero-order valence-corrected chi connectivity index (χ0v) is 17.0. The standard InChI is InChI=1S/C23H31N3O2/c1-3-4-19-7-11-22(12-8-19)28-18-23(27)24-21-9-5-20(6-10-21)17-26-15-13-25(2)14-16-26/h5-12H,3-4,13-18H2,1-2H3,(H,24,27). The Morgan fingerprint density at radius 1 is 0.964 bits per heavy atom. The van der Waals surface area contributed by atoms with Crippen LogP contribution in [0.15, 0.2) is 48.5 Å². The van der Waals surface area contributed by atoms with Gasteiger partial charge in [0.2, 0.25) is 0 Å². The van der Waals surface area contributed by atoms with Gasteiger partial charge in [0, 0.05) is 38.4 Å². The summed E-state index contributed by atoms with van der Waals surface area (Å²) in [5.74, 6) is 0.571. The first-order valence-corrected chi connectivity index (χ1v) is 10.1. The molecule has 28 heavy (non-hydrogen) atoms. The lowest BCUT2D eigenvalue weighted by Crippen LogP contribution is -2.43. The van der Waals surface area contributed by atoms with Crippen molar-refractivity contribution in [1.29, 1.82) is 0 Å². The van der Waals surface area contributed by atoms with E-state index in [1.54, 1.807) is 0 Å². The highest BCUT2D eigenvalue weighted by atomic mass is 16.5. The molecule has 0 bridgehead atoms. The molecule has 1 N–H and O–H groups in total. The molecule has 1 heterocycles. The molecule has 0 unspecified atom stereocenters. The second kappa shape index (κ2) is 10.2. The first-order valence-electron chi connectivity index (χ1n) is 10.1. The maximum absolute atomic E-state index is 12.1. The van der Waals surface area contributed by atoms with Crippen LogP contribution < -0.4 is 10.1 Å². The Labute approximate surface area is 168 Å². The van der Waals surface area contributed by atoms with E-state index in [1.165, 1.54) is 11.1 Å². The molecule has 1 amide bonds. The van der Waals surface area contributed by atoms with Crippen LogP contribution in [0.3, 0.4) is 0 Å². The van der Waals surface area contributed by atoms with Gasteiger partial charge >= 0.3 is 0 Å². The minimum absolute atomic E-state index is 0.0101. The average Bonchev–Trinajstić information content (AvgIpc) is 2.71. The van der Waals surface area contributed by atoms with E-state index < -0.39 is 0 Å². The average molecular weight is 382 g/mol. The predicted octanol–water partition coefficient (Wildman–Crippen LogP) is 3.40. The normalized spacial score (nSPS) is 15.4. The number of nitrogens with one attached hydrogen (secondary N) is 1. The highest BCUT2D eigenvalue weighted by Gasteiger charge is 2.13. The molecule has 1 aliphatic heterocycles. The van der Waals surface area contributed by atoms with E-state index in [4.69, 9.17) is 4.74 Å². The summed E-state index contributed by atoms with van der Waals surface area (Å²) in [5, 5.41) is 2.90. The second-order valence-electron chi connectivity index (χ2n) is 7.51. The van der Waals surface area contributed by atoms with Crippen LogP contribution in [0.4, 0.5) is 5.69 Å². The molecule has 1 aliphatic rings. The third-order valence-corrected chi connectivity index (χ3v) is 5.07. The van der Waals surface area contributed by atoms with Crippen molar-refractivity contribution in [1.82, 2.24) is 9.80 Å². The van der Waals surface area contributed by atoms with E-state index >= 15 is 0 Å². The van der Waals surface area contributed by atoms with Gasteiger partial charge in [-0.05, 0) is 48.9 Å². The maximum atomic E-state index is 12.1. The minimum Gasteiger partial charge on any atom is -0.484 e. The fourth-order valence-corrected chi connectivity index (χ4v) is 3.34. The molecule has 5 nitrogen and oxygen atoms in total. The van der Waals surface area contributed by atoms with Crippen molar-refractivity contribution >= 4 is 11.6 Å². The third kappa shape index (κ3) is 6.36. The predicted molar refractivity (Wildman–Crippen MR) is 114 cm³/mol. The van der Waals surface area contributed by atoms with Gasteiger partial charge in [-0.1, -0.05) is 37.6 Å².